The minimum absolute atomic E-state index is 0.492. The summed E-state index contributed by atoms with van der Waals surface area (Å²) in [5.74, 6) is 2.02. The molecule has 0 radical (unpaired) electrons. The maximum atomic E-state index is 6.25. The fraction of sp³-hybridized carbons (Fsp3) is 0.435. The van der Waals surface area contributed by atoms with E-state index in [-0.39, 0.29) is 0 Å². The van der Waals surface area contributed by atoms with Crippen molar-refractivity contribution in [1.82, 2.24) is 9.55 Å². The van der Waals surface area contributed by atoms with Crippen LogP contribution in [0, 0.1) is 6.92 Å². The first-order valence-corrected chi connectivity index (χ1v) is 10.2. The molecular weight excluding hydrogens is 364 g/mol. The molecule has 3 rings (SSSR count). The molecule has 29 heavy (non-hydrogen) atoms. The Morgan fingerprint density at radius 1 is 1.03 bits per heavy atom. The van der Waals surface area contributed by atoms with Gasteiger partial charge in [0, 0.05) is 25.7 Å². The molecule has 0 atom stereocenters. The van der Waals surface area contributed by atoms with Crippen molar-refractivity contribution in [3.8, 4) is 22.6 Å². The topological polar surface area (TPSA) is 65.5 Å². The van der Waals surface area contributed by atoms with E-state index in [1.54, 1.807) is 14.2 Å². The van der Waals surface area contributed by atoms with Gasteiger partial charge in [-0.3, -0.25) is 0 Å². The summed E-state index contributed by atoms with van der Waals surface area (Å²) in [4.78, 5) is 7.14. The molecule has 0 unspecified atom stereocenters. The van der Waals surface area contributed by atoms with Gasteiger partial charge in [-0.05, 0) is 49.6 Å². The predicted molar refractivity (Wildman–Crippen MR) is 121 cm³/mol. The molecule has 0 saturated heterocycles. The minimum atomic E-state index is 0.492. The van der Waals surface area contributed by atoms with Crippen molar-refractivity contribution in [3.63, 3.8) is 0 Å². The quantitative estimate of drug-likeness (QED) is 0.594. The highest BCUT2D eigenvalue weighted by molar-refractivity contribution is 6.03. The molecular formula is C23H32N4O2. The lowest BCUT2D eigenvalue weighted by Crippen LogP contribution is -2.25. The summed E-state index contributed by atoms with van der Waals surface area (Å²) >= 11 is 0. The molecule has 1 heterocycles. The standard InChI is InChI=1S/C23H32N4O2/c1-7-11-27(12-8-2)17-10-9-16(21-22(17)26(4)23(24)25-21)20-18(28-5)13-15(3)14-19(20)29-6/h9-10,13-14H,7-8,11-12H2,1-6H3,(H2,24,25). The van der Waals surface area contributed by atoms with Crippen molar-refractivity contribution < 1.29 is 9.47 Å². The number of benzene rings is 2. The fourth-order valence-electron chi connectivity index (χ4n) is 3.97. The summed E-state index contributed by atoms with van der Waals surface area (Å²) in [5, 5.41) is 0. The molecule has 2 aromatic carbocycles. The van der Waals surface area contributed by atoms with E-state index in [0.29, 0.717) is 5.95 Å². The zero-order valence-corrected chi connectivity index (χ0v) is 18.4. The summed E-state index contributed by atoms with van der Waals surface area (Å²) < 4.78 is 13.4. The highest BCUT2D eigenvalue weighted by atomic mass is 16.5. The van der Waals surface area contributed by atoms with E-state index in [1.807, 2.05) is 30.7 Å². The minimum Gasteiger partial charge on any atom is -0.496 e. The number of rotatable bonds is 8. The van der Waals surface area contributed by atoms with E-state index in [1.165, 1.54) is 0 Å². The van der Waals surface area contributed by atoms with Crippen molar-refractivity contribution in [3.05, 3.63) is 29.8 Å². The molecule has 6 nitrogen and oxygen atoms in total. The van der Waals surface area contributed by atoms with Crippen molar-refractivity contribution in [2.75, 3.05) is 37.9 Å². The average Bonchev–Trinajstić information content (AvgIpc) is 3.01. The zero-order chi connectivity index (χ0) is 21.1. The number of nitrogens with two attached hydrogens (primary N) is 1. The summed E-state index contributed by atoms with van der Waals surface area (Å²) in [6, 6.07) is 8.32. The lowest BCUT2D eigenvalue weighted by Gasteiger charge is -2.25. The van der Waals surface area contributed by atoms with Crippen LogP contribution in [0.15, 0.2) is 24.3 Å². The number of anilines is 2. The van der Waals surface area contributed by atoms with Gasteiger partial charge in [0.1, 0.15) is 17.0 Å². The molecule has 1 aromatic heterocycles. The smallest absolute Gasteiger partial charge is 0.201 e. The van der Waals surface area contributed by atoms with Gasteiger partial charge in [0.15, 0.2) is 0 Å². The van der Waals surface area contributed by atoms with Gasteiger partial charge >= 0.3 is 0 Å². The van der Waals surface area contributed by atoms with E-state index in [9.17, 15) is 0 Å². The van der Waals surface area contributed by atoms with E-state index in [2.05, 4.69) is 30.9 Å². The van der Waals surface area contributed by atoms with Crippen molar-refractivity contribution in [2.45, 2.75) is 33.6 Å². The number of fused-ring (bicyclic) bond motifs is 1. The highest BCUT2D eigenvalue weighted by Gasteiger charge is 2.22. The van der Waals surface area contributed by atoms with Gasteiger partial charge in [-0.2, -0.15) is 0 Å². The van der Waals surface area contributed by atoms with Crippen LogP contribution in [0.3, 0.4) is 0 Å². The van der Waals surface area contributed by atoms with Crippen LogP contribution in [0.2, 0.25) is 0 Å². The average molecular weight is 397 g/mol. The maximum Gasteiger partial charge on any atom is 0.201 e. The van der Waals surface area contributed by atoms with Gasteiger partial charge in [0.25, 0.3) is 0 Å². The Balaban J connectivity index is 2.34. The van der Waals surface area contributed by atoms with Gasteiger partial charge in [-0.15, -0.1) is 0 Å². The number of nitrogen functional groups attached to an aromatic ring is 1. The number of ether oxygens (including phenoxy) is 2. The molecule has 2 N–H and O–H groups in total. The van der Waals surface area contributed by atoms with Crippen LogP contribution in [0.4, 0.5) is 11.6 Å². The van der Waals surface area contributed by atoms with Crippen LogP contribution in [0.25, 0.3) is 22.2 Å². The normalized spacial score (nSPS) is 11.1. The Hall–Kier alpha value is -2.89. The summed E-state index contributed by atoms with van der Waals surface area (Å²) in [5.41, 5.74) is 12.2. The molecule has 0 spiro atoms. The summed E-state index contributed by atoms with van der Waals surface area (Å²) in [6.07, 6.45) is 2.16. The molecule has 0 amide bonds. The van der Waals surface area contributed by atoms with E-state index < -0.39 is 0 Å². The van der Waals surface area contributed by atoms with Crippen molar-refractivity contribution in [2.24, 2.45) is 7.05 Å². The lowest BCUT2D eigenvalue weighted by atomic mass is 9.99. The SMILES string of the molecule is CCCN(CCC)c1ccc(-c2c(OC)cc(C)cc2OC)c2nc(N)n(C)c12. The largest absolute Gasteiger partial charge is 0.496 e. The predicted octanol–water partition coefficient (Wildman–Crippen LogP) is 4.77. The fourth-order valence-corrected chi connectivity index (χ4v) is 3.97. The third-order valence-electron chi connectivity index (χ3n) is 5.28. The monoisotopic (exact) mass is 396 g/mol. The Labute approximate surface area is 173 Å². The number of aromatic nitrogens is 2. The van der Waals surface area contributed by atoms with Gasteiger partial charge in [-0.25, -0.2) is 4.98 Å². The van der Waals surface area contributed by atoms with Crippen LogP contribution in [-0.4, -0.2) is 36.9 Å². The highest BCUT2D eigenvalue weighted by Crippen LogP contribution is 2.44. The Morgan fingerprint density at radius 3 is 2.14 bits per heavy atom. The van der Waals surface area contributed by atoms with Gasteiger partial charge < -0.3 is 24.7 Å². The second kappa shape index (κ2) is 8.64. The molecule has 0 aliphatic carbocycles. The number of nitrogens with zero attached hydrogens (tertiary/aromatic N) is 3. The maximum absolute atomic E-state index is 6.25. The summed E-state index contributed by atoms with van der Waals surface area (Å²) in [7, 11) is 5.33. The first-order valence-electron chi connectivity index (χ1n) is 10.2. The van der Waals surface area contributed by atoms with E-state index in [4.69, 9.17) is 20.2 Å². The first-order chi connectivity index (χ1) is 14.0. The molecule has 6 heteroatoms. The van der Waals surface area contributed by atoms with E-state index >= 15 is 0 Å². The Bertz CT molecular complexity index is 979. The molecule has 3 aromatic rings. The van der Waals surface area contributed by atoms with Crippen molar-refractivity contribution >= 4 is 22.7 Å². The van der Waals surface area contributed by atoms with Gasteiger partial charge in [-0.1, -0.05) is 13.8 Å². The summed E-state index contributed by atoms with van der Waals surface area (Å²) in [6.45, 7) is 8.41. The van der Waals surface area contributed by atoms with Gasteiger partial charge in [0.2, 0.25) is 5.95 Å². The van der Waals surface area contributed by atoms with Crippen molar-refractivity contribution in [1.29, 1.82) is 0 Å². The number of methoxy groups -OCH3 is 2. The molecule has 0 saturated carbocycles. The Morgan fingerprint density at radius 2 is 1.62 bits per heavy atom. The molecule has 0 fully saturated rings. The van der Waals surface area contributed by atoms with Crippen LogP contribution >= 0.6 is 0 Å². The molecule has 0 aliphatic rings. The second-order valence-electron chi connectivity index (χ2n) is 7.39. The van der Waals surface area contributed by atoms with Crippen LogP contribution in [0.5, 0.6) is 11.5 Å². The van der Waals surface area contributed by atoms with Crippen LogP contribution < -0.4 is 20.1 Å². The number of hydrogen-bond acceptors (Lipinski definition) is 5. The number of hydrogen-bond donors (Lipinski definition) is 1. The molecule has 0 aliphatic heterocycles. The molecule has 156 valence electrons. The third kappa shape index (κ3) is 3.71. The number of aryl methyl sites for hydroxylation is 2. The van der Waals surface area contributed by atoms with Crippen LogP contribution in [-0.2, 0) is 7.05 Å². The molecule has 0 bridgehead atoms. The Kier molecular flexibility index (Phi) is 6.20. The first kappa shape index (κ1) is 20.8. The second-order valence-corrected chi connectivity index (χ2v) is 7.39. The number of imidazole rings is 1. The van der Waals surface area contributed by atoms with Gasteiger partial charge in [0.05, 0.1) is 31.0 Å². The zero-order valence-electron chi connectivity index (χ0n) is 18.4. The lowest BCUT2D eigenvalue weighted by molar-refractivity contribution is 0.397. The third-order valence-corrected chi connectivity index (χ3v) is 5.28. The van der Waals surface area contributed by atoms with E-state index in [0.717, 1.165) is 70.8 Å². The van der Waals surface area contributed by atoms with Crippen LogP contribution in [0.1, 0.15) is 32.3 Å².